The highest BCUT2D eigenvalue weighted by Crippen LogP contribution is 2.15. The summed E-state index contributed by atoms with van der Waals surface area (Å²) in [6.45, 7) is 2.96. The molecule has 14 heavy (non-hydrogen) atoms. The van der Waals surface area contributed by atoms with E-state index in [0.29, 0.717) is 0 Å². The Morgan fingerprint density at radius 3 is 2.14 bits per heavy atom. The molecule has 0 aliphatic carbocycles. The summed E-state index contributed by atoms with van der Waals surface area (Å²) in [5.41, 5.74) is 4.26. The Kier molecular flexibility index (Phi) is 2.94. The number of benzene rings is 1. The third-order valence-electron chi connectivity index (χ3n) is 1.36. The molecule has 0 saturated carbocycles. The quantitative estimate of drug-likeness (QED) is 0.605. The van der Waals surface area contributed by atoms with E-state index in [2.05, 4.69) is 0 Å². The Labute approximate surface area is 83.8 Å². The number of hydrogen-bond donors (Lipinski definition) is 1. The van der Waals surface area contributed by atoms with Crippen molar-refractivity contribution in [2.75, 3.05) is 0 Å². The van der Waals surface area contributed by atoms with Crippen LogP contribution in [0.15, 0.2) is 35.2 Å². The minimum absolute atomic E-state index is 0.110. The van der Waals surface area contributed by atoms with E-state index in [1.807, 2.05) is 0 Å². The molecule has 1 aromatic carbocycles. The first-order valence-corrected chi connectivity index (χ1v) is 5.52. The van der Waals surface area contributed by atoms with Gasteiger partial charge in [-0.1, -0.05) is 18.2 Å². The third-order valence-corrected chi connectivity index (χ3v) is 2.85. The summed E-state index contributed by atoms with van der Waals surface area (Å²) in [6.07, 6.45) is 0. The van der Waals surface area contributed by atoms with Crippen LogP contribution in [-0.4, -0.2) is 14.1 Å². The smallest absolute Gasteiger partial charge is 0.298 e. The molecule has 0 heterocycles. The zero-order valence-corrected chi connectivity index (χ0v) is 8.91. The molecule has 0 aromatic heterocycles. The zero-order valence-electron chi connectivity index (χ0n) is 8.10. The van der Waals surface area contributed by atoms with Crippen LogP contribution in [0.2, 0.25) is 0 Å². The summed E-state index contributed by atoms with van der Waals surface area (Å²) in [5, 5.41) is 0. The SMILES string of the molecule is CC(C)(N)OS(=O)(=O)c1ccccc1. The average molecular weight is 215 g/mol. The van der Waals surface area contributed by atoms with E-state index in [1.54, 1.807) is 18.2 Å². The van der Waals surface area contributed by atoms with Gasteiger partial charge in [0.15, 0.2) is 0 Å². The largest absolute Gasteiger partial charge is 0.303 e. The van der Waals surface area contributed by atoms with Gasteiger partial charge in [0.1, 0.15) is 5.72 Å². The molecule has 0 amide bonds. The van der Waals surface area contributed by atoms with E-state index in [4.69, 9.17) is 9.92 Å². The van der Waals surface area contributed by atoms with Gasteiger partial charge in [0, 0.05) is 0 Å². The lowest BCUT2D eigenvalue weighted by molar-refractivity contribution is 0.126. The molecular weight excluding hydrogens is 202 g/mol. The molecule has 5 heteroatoms. The molecule has 0 aliphatic heterocycles. The molecule has 0 bridgehead atoms. The van der Waals surface area contributed by atoms with Gasteiger partial charge in [-0.3, -0.25) is 0 Å². The highest BCUT2D eigenvalue weighted by molar-refractivity contribution is 7.86. The van der Waals surface area contributed by atoms with Crippen molar-refractivity contribution in [3.05, 3.63) is 30.3 Å². The topological polar surface area (TPSA) is 69.4 Å². The molecule has 4 nitrogen and oxygen atoms in total. The Morgan fingerprint density at radius 1 is 1.21 bits per heavy atom. The normalized spacial score (nSPS) is 12.8. The fourth-order valence-electron chi connectivity index (χ4n) is 0.918. The van der Waals surface area contributed by atoms with Crippen molar-refractivity contribution in [3.63, 3.8) is 0 Å². The molecule has 0 radical (unpaired) electrons. The lowest BCUT2D eigenvalue weighted by Crippen LogP contribution is -2.37. The molecule has 1 rings (SSSR count). The first-order valence-electron chi connectivity index (χ1n) is 4.11. The summed E-state index contributed by atoms with van der Waals surface area (Å²) in [5.74, 6) is 0. The highest BCUT2D eigenvalue weighted by Gasteiger charge is 2.23. The van der Waals surface area contributed by atoms with Crippen molar-refractivity contribution >= 4 is 10.1 Å². The van der Waals surface area contributed by atoms with Crippen LogP contribution in [0.25, 0.3) is 0 Å². The lowest BCUT2D eigenvalue weighted by atomic mass is 10.4. The molecule has 0 fully saturated rings. The van der Waals surface area contributed by atoms with E-state index in [9.17, 15) is 8.42 Å². The second kappa shape index (κ2) is 3.68. The molecule has 0 aliphatic rings. The summed E-state index contributed by atoms with van der Waals surface area (Å²) in [4.78, 5) is 0.110. The fourth-order valence-corrected chi connectivity index (χ4v) is 2.07. The van der Waals surface area contributed by atoms with E-state index in [0.717, 1.165) is 0 Å². The van der Waals surface area contributed by atoms with Gasteiger partial charge in [0.25, 0.3) is 10.1 Å². The van der Waals surface area contributed by atoms with Crippen molar-refractivity contribution in [3.8, 4) is 0 Å². The van der Waals surface area contributed by atoms with E-state index in [1.165, 1.54) is 26.0 Å². The Bertz CT molecular complexity index is 392. The van der Waals surface area contributed by atoms with Crippen molar-refractivity contribution in [1.29, 1.82) is 0 Å². The van der Waals surface area contributed by atoms with Gasteiger partial charge >= 0.3 is 0 Å². The van der Waals surface area contributed by atoms with Crippen LogP contribution in [0.1, 0.15) is 13.8 Å². The van der Waals surface area contributed by atoms with Crippen molar-refractivity contribution in [2.24, 2.45) is 5.73 Å². The number of nitrogens with two attached hydrogens (primary N) is 1. The van der Waals surface area contributed by atoms with E-state index >= 15 is 0 Å². The minimum atomic E-state index is -3.74. The van der Waals surface area contributed by atoms with Crippen molar-refractivity contribution in [1.82, 2.24) is 0 Å². The predicted molar refractivity (Wildman–Crippen MR) is 53.0 cm³/mol. The summed E-state index contributed by atoms with van der Waals surface area (Å²) in [6, 6.07) is 7.90. The molecule has 2 N–H and O–H groups in total. The standard InChI is InChI=1S/C9H13NO3S/c1-9(2,10)13-14(11,12)8-6-4-3-5-7-8/h3-7H,10H2,1-2H3. The van der Waals surface area contributed by atoms with Crippen LogP contribution < -0.4 is 5.73 Å². The number of hydrogen-bond acceptors (Lipinski definition) is 4. The maximum atomic E-state index is 11.5. The Balaban J connectivity index is 2.99. The monoisotopic (exact) mass is 215 g/mol. The van der Waals surface area contributed by atoms with Crippen LogP contribution in [0.3, 0.4) is 0 Å². The second-order valence-corrected chi connectivity index (χ2v) is 5.00. The maximum Gasteiger partial charge on any atom is 0.298 e. The maximum absolute atomic E-state index is 11.5. The molecule has 0 atom stereocenters. The average Bonchev–Trinajstić information content (AvgIpc) is 2.01. The Hall–Kier alpha value is -0.910. The minimum Gasteiger partial charge on any atom is -0.303 e. The molecular formula is C9H13NO3S. The van der Waals surface area contributed by atoms with Gasteiger partial charge in [-0.25, -0.2) is 4.18 Å². The molecule has 0 saturated heterocycles. The first kappa shape index (κ1) is 11.2. The van der Waals surface area contributed by atoms with Crippen molar-refractivity contribution < 1.29 is 12.6 Å². The van der Waals surface area contributed by atoms with Crippen molar-refractivity contribution in [2.45, 2.75) is 24.5 Å². The molecule has 1 aromatic rings. The third kappa shape index (κ3) is 3.10. The predicted octanol–water partition coefficient (Wildman–Crippen LogP) is 1.09. The first-order chi connectivity index (χ1) is 6.31. The summed E-state index contributed by atoms with van der Waals surface area (Å²) in [7, 11) is -3.74. The Morgan fingerprint density at radius 2 is 1.71 bits per heavy atom. The molecule has 78 valence electrons. The summed E-state index contributed by atoms with van der Waals surface area (Å²) < 4.78 is 27.9. The van der Waals surface area contributed by atoms with Crippen LogP contribution in [-0.2, 0) is 14.3 Å². The second-order valence-electron chi connectivity index (χ2n) is 3.45. The van der Waals surface area contributed by atoms with Gasteiger partial charge in [-0.2, -0.15) is 8.42 Å². The fraction of sp³-hybridized carbons (Fsp3) is 0.333. The molecule has 0 spiro atoms. The lowest BCUT2D eigenvalue weighted by Gasteiger charge is -2.18. The van der Waals surface area contributed by atoms with Crippen LogP contribution in [0, 0.1) is 0 Å². The van der Waals surface area contributed by atoms with Gasteiger partial charge in [-0.15, -0.1) is 0 Å². The van der Waals surface area contributed by atoms with E-state index < -0.39 is 15.8 Å². The van der Waals surface area contributed by atoms with Gasteiger partial charge in [0.2, 0.25) is 0 Å². The highest BCUT2D eigenvalue weighted by atomic mass is 32.2. The van der Waals surface area contributed by atoms with Gasteiger partial charge in [0.05, 0.1) is 4.90 Å². The molecule has 0 unspecified atom stereocenters. The van der Waals surface area contributed by atoms with Crippen LogP contribution >= 0.6 is 0 Å². The zero-order chi connectivity index (χ0) is 10.8. The van der Waals surface area contributed by atoms with Crippen LogP contribution in [0.4, 0.5) is 0 Å². The number of rotatable bonds is 3. The van der Waals surface area contributed by atoms with Gasteiger partial charge < -0.3 is 5.73 Å². The van der Waals surface area contributed by atoms with Crippen LogP contribution in [0.5, 0.6) is 0 Å². The van der Waals surface area contributed by atoms with E-state index in [-0.39, 0.29) is 4.90 Å². The van der Waals surface area contributed by atoms with Gasteiger partial charge in [-0.05, 0) is 26.0 Å². The summed E-state index contributed by atoms with van der Waals surface area (Å²) >= 11 is 0.